The molecule has 0 saturated heterocycles. The highest BCUT2D eigenvalue weighted by Crippen LogP contribution is 2.26. The second kappa shape index (κ2) is 8.79. The summed E-state index contributed by atoms with van der Waals surface area (Å²) in [6, 6.07) is 22.3. The van der Waals surface area contributed by atoms with E-state index in [0.29, 0.717) is 6.54 Å². The molecule has 0 spiro atoms. The van der Waals surface area contributed by atoms with E-state index in [1.54, 1.807) is 11.3 Å². The monoisotopic (exact) mass is 364 g/mol. The van der Waals surface area contributed by atoms with Gasteiger partial charge in [-0.2, -0.15) is 0 Å². The largest absolute Gasteiger partial charge is 0.351 e. The van der Waals surface area contributed by atoms with Crippen molar-refractivity contribution in [3.63, 3.8) is 0 Å². The van der Waals surface area contributed by atoms with Gasteiger partial charge < -0.3 is 5.32 Å². The minimum absolute atomic E-state index is 0.00233. The average Bonchev–Trinajstić information content (AvgIpc) is 3.20. The molecule has 3 aromatic rings. The fourth-order valence-corrected chi connectivity index (χ4v) is 3.63. The van der Waals surface area contributed by atoms with Gasteiger partial charge in [-0.25, -0.2) is 0 Å². The van der Waals surface area contributed by atoms with Gasteiger partial charge >= 0.3 is 0 Å². The molecule has 1 amide bonds. The normalized spacial score (nSPS) is 13.2. The third-order valence-corrected chi connectivity index (χ3v) is 5.30. The zero-order chi connectivity index (χ0) is 18.4. The van der Waals surface area contributed by atoms with E-state index >= 15 is 0 Å². The Balaban J connectivity index is 1.68. The summed E-state index contributed by atoms with van der Waals surface area (Å²) in [6.45, 7) is 4.53. The number of carbonyl (C=O) groups excluding carboxylic acids is 1. The van der Waals surface area contributed by atoms with Crippen LogP contribution in [0.5, 0.6) is 0 Å². The molecule has 4 heteroatoms. The van der Waals surface area contributed by atoms with Crippen LogP contribution in [0.15, 0.2) is 72.1 Å². The van der Waals surface area contributed by atoms with Gasteiger partial charge in [0.2, 0.25) is 5.91 Å². The lowest BCUT2D eigenvalue weighted by Gasteiger charge is -2.23. The van der Waals surface area contributed by atoms with Crippen molar-refractivity contribution >= 4 is 17.2 Å². The first-order chi connectivity index (χ1) is 12.6. The molecule has 3 rings (SSSR count). The van der Waals surface area contributed by atoms with Crippen LogP contribution < -0.4 is 10.6 Å². The summed E-state index contributed by atoms with van der Waals surface area (Å²) in [5.41, 5.74) is 3.49. The van der Waals surface area contributed by atoms with Crippen molar-refractivity contribution in [1.29, 1.82) is 0 Å². The van der Waals surface area contributed by atoms with Crippen LogP contribution in [0.2, 0.25) is 0 Å². The van der Waals surface area contributed by atoms with Crippen LogP contribution in [0.25, 0.3) is 0 Å². The second-order valence-corrected chi connectivity index (χ2v) is 7.43. The zero-order valence-electron chi connectivity index (χ0n) is 15.1. The molecule has 0 fully saturated rings. The van der Waals surface area contributed by atoms with E-state index in [1.165, 1.54) is 16.0 Å². The van der Waals surface area contributed by atoms with Crippen molar-refractivity contribution in [2.75, 3.05) is 0 Å². The highest BCUT2D eigenvalue weighted by Gasteiger charge is 2.21. The fourth-order valence-electron chi connectivity index (χ4n) is 2.82. The summed E-state index contributed by atoms with van der Waals surface area (Å²) in [5, 5.41) is 8.57. The highest BCUT2D eigenvalue weighted by atomic mass is 32.1. The van der Waals surface area contributed by atoms with Crippen LogP contribution in [-0.2, 0) is 11.3 Å². The lowest BCUT2D eigenvalue weighted by molar-refractivity contribution is -0.123. The summed E-state index contributed by atoms with van der Waals surface area (Å²) >= 11 is 1.70. The molecule has 3 nitrogen and oxygen atoms in total. The van der Waals surface area contributed by atoms with E-state index in [4.69, 9.17) is 0 Å². The third kappa shape index (κ3) is 4.81. The van der Waals surface area contributed by atoms with Gasteiger partial charge in [-0.1, -0.05) is 66.2 Å². The molecule has 1 heterocycles. The standard InChI is InChI=1S/C22H24N2OS/c1-16-10-12-19(13-11-16)21(20-9-6-14-26-20)24-17(2)22(25)23-15-18-7-4-3-5-8-18/h3-14,17,21,24H,15H2,1-2H3,(H,23,25)/t17-,21+/m1/s1. The topological polar surface area (TPSA) is 41.1 Å². The summed E-state index contributed by atoms with van der Waals surface area (Å²) < 4.78 is 0. The Labute approximate surface area is 159 Å². The zero-order valence-corrected chi connectivity index (χ0v) is 15.9. The first-order valence-electron chi connectivity index (χ1n) is 8.81. The molecule has 0 saturated carbocycles. The average molecular weight is 365 g/mol. The van der Waals surface area contributed by atoms with E-state index in [-0.39, 0.29) is 18.0 Å². The van der Waals surface area contributed by atoms with Crippen molar-refractivity contribution in [3.8, 4) is 0 Å². The molecular formula is C22H24N2OS. The summed E-state index contributed by atoms with van der Waals surface area (Å²) in [7, 11) is 0. The number of benzene rings is 2. The number of thiophene rings is 1. The Bertz CT molecular complexity index is 813. The number of amides is 1. The van der Waals surface area contributed by atoms with E-state index < -0.39 is 0 Å². The van der Waals surface area contributed by atoms with Crippen LogP contribution >= 0.6 is 11.3 Å². The molecule has 2 atom stereocenters. The van der Waals surface area contributed by atoms with E-state index in [0.717, 1.165) is 5.56 Å². The molecule has 0 radical (unpaired) electrons. The van der Waals surface area contributed by atoms with Crippen molar-refractivity contribution < 1.29 is 4.79 Å². The SMILES string of the molecule is Cc1ccc([C@H](N[C@H](C)C(=O)NCc2ccccc2)c2cccs2)cc1. The Hall–Kier alpha value is -2.43. The lowest BCUT2D eigenvalue weighted by atomic mass is 10.0. The van der Waals surface area contributed by atoms with Crippen molar-refractivity contribution in [3.05, 3.63) is 93.7 Å². The van der Waals surface area contributed by atoms with E-state index in [9.17, 15) is 4.79 Å². The Kier molecular flexibility index (Phi) is 6.21. The van der Waals surface area contributed by atoms with Gasteiger partial charge in [-0.05, 0) is 36.4 Å². The summed E-state index contributed by atoms with van der Waals surface area (Å²) in [5.74, 6) is 0.00233. The molecule has 0 aliphatic heterocycles. The van der Waals surface area contributed by atoms with Gasteiger partial charge in [0.15, 0.2) is 0 Å². The van der Waals surface area contributed by atoms with E-state index in [2.05, 4.69) is 53.3 Å². The summed E-state index contributed by atoms with van der Waals surface area (Å²) in [4.78, 5) is 13.7. The van der Waals surface area contributed by atoms with Crippen LogP contribution in [-0.4, -0.2) is 11.9 Å². The maximum absolute atomic E-state index is 12.5. The maximum Gasteiger partial charge on any atom is 0.237 e. The highest BCUT2D eigenvalue weighted by molar-refractivity contribution is 7.10. The second-order valence-electron chi connectivity index (χ2n) is 6.45. The number of hydrogen-bond acceptors (Lipinski definition) is 3. The number of nitrogens with one attached hydrogen (secondary N) is 2. The van der Waals surface area contributed by atoms with E-state index in [1.807, 2.05) is 43.3 Å². The quantitative estimate of drug-likeness (QED) is 0.651. The van der Waals surface area contributed by atoms with Gasteiger partial charge in [0, 0.05) is 11.4 Å². The predicted octanol–water partition coefficient (Wildman–Crippen LogP) is 4.44. The van der Waals surface area contributed by atoms with Crippen LogP contribution in [0.3, 0.4) is 0 Å². The minimum atomic E-state index is -0.299. The van der Waals surface area contributed by atoms with Gasteiger partial charge in [0.1, 0.15) is 0 Å². The van der Waals surface area contributed by atoms with Crippen molar-refractivity contribution in [2.45, 2.75) is 32.5 Å². The predicted molar refractivity (Wildman–Crippen MR) is 108 cm³/mol. The van der Waals surface area contributed by atoms with Gasteiger partial charge in [-0.3, -0.25) is 10.1 Å². The van der Waals surface area contributed by atoms with Gasteiger partial charge in [0.25, 0.3) is 0 Å². The lowest BCUT2D eigenvalue weighted by Crippen LogP contribution is -2.43. The van der Waals surface area contributed by atoms with Crippen LogP contribution in [0, 0.1) is 6.92 Å². The smallest absolute Gasteiger partial charge is 0.237 e. The fraction of sp³-hybridized carbons (Fsp3) is 0.227. The van der Waals surface area contributed by atoms with Gasteiger partial charge in [-0.15, -0.1) is 11.3 Å². The minimum Gasteiger partial charge on any atom is -0.351 e. The molecule has 2 aromatic carbocycles. The molecule has 0 unspecified atom stereocenters. The Morgan fingerprint density at radius 3 is 2.38 bits per heavy atom. The number of aryl methyl sites for hydroxylation is 1. The number of carbonyl (C=O) groups is 1. The molecule has 0 aliphatic carbocycles. The Morgan fingerprint density at radius 2 is 1.73 bits per heavy atom. The summed E-state index contributed by atoms with van der Waals surface area (Å²) in [6.07, 6.45) is 0. The van der Waals surface area contributed by atoms with Crippen molar-refractivity contribution in [2.24, 2.45) is 0 Å². The molecule has 1 aromatic heterocycles. The van der Waals surface area contributed by atoms with Crippen LogP contribution in [0.4, 0.5) is 0 Å². The molecule has 2 N–H and O–H groups in total. The molecule has 0 aliphatic rings. The Morgan fingerprint density at radius 1 is 1.00 bits per heavy atom. The first kappa shape index (κ1) is 18.4. The maximum atomic E-state index is 12.5. The molecule has 134 valence electrons. The number of rotatable bonds is 7. The van der Waals surface area contributed by atoms with Crippen molar-refractivity contribution in [1.82, 2.24) is 10.6 Å². The van der Waals surface area contributed by atoms with Gasteiger partial charge in [0.05, 0.1) is 12.1 Å². The molecule has 26 heavy (non-hydrogen) atoms. The molecular weight excluding hydrogens is 340 g/mol. The first-order valence-corrected chi connectivity index (χ1v) is 9.69. The third-order valence-electron chi connectivity index (χ3n) is 4.36. The molecule has 0 bridgehead atoms. The number of hydrogen-bond donors (Lipinski definition) is 2. The van der Waals surface area contributed by atoms with Crippen LogP contribution in [0.1, 0.15) is 34.5 Å².